The zero-order chi connectivity index (χ0) is 12.7. The van der Waals surface area contributed by atoms with E-state index in [9.17, 15) is 0 Å². The molecule has 0 saturated heterocycles. The van der Waals surface area contributed by atoms with Crippen LogP contribution >= 0.6 is 27.3 Å². The molecule has 98 valence electrons. The van der Waals surface area contributed by atoms with E-state index in [1.165, 1.54) is 46.3 Å². The van der Waals surface area contributed by atoms with Gasteiger partial charge in [-0.25, -0.2) is 0 Å². The molecule has 1 aromatic heterocycles. The highest BCUT2D eigenvalue weighted by Gasteiger charge is 2.14. The van der Waals surface area contributed by atoms with Gasteiger partial charge in [0.1, 0.15) is 0 Å². The molecular weight excluding hydrogens is 294 g/mol. The first-order valence-electron chi connectivity index (χ1n) is 6.68. The van der Waals surface area contributed by atoms with Crippen molar-refractivity contribution in [1.82, 2.24) is 5.32 Å². The number of nitrogens with one attached hydrogen (secondary N) is 1. The van der Waals surface area contributed by atoms with E-state index >= 15 is 0 Å². The fraction of sp³-hybridized carbons (Fsp3) is 0.714. The van der Waals surface area contributed by atoms with E-state index in [0.29, 0.717) is 6.04 Å². The predicted octanol–water partition coefficient (Wildman–Crippen LogP) is 5.44. The summed E-state index contributed by atoms with van der Waals surface area (Å²) in [5.41, 5.74) is 0. The van der Waals surface area contributed by atoms with Crippen molar-refractivity contribution in [3.63, 3.8) is 0 Å². The third kappa shape index (κ3) is 5.11. The van der Waals surface area contributed by atoms with E-state index in [4.69, 9.17) is 0 Å². The maximum Gasteiger partial charge on any atom is 0.0415 e. The fourth-order valence-electron chi connectivity index (χ4n) is 1.92. The van der Waals surface area contributed by atoms with Gasteiger partial charge in [0, 0.05) is 20.3 Å². The van der Waals surface area contributed by atoms with Gasteiger partial charge in [-0.15, -0.1) is 11.3 Å². The second-order valence-electron chi connectivity index (χ2n) is 4.56. The summed E-state index contributed by atoms with van der Waals surface area (Å²) in [7, 11) is 0. The Morgan fingerprint density at radius 3 is 2.59 bits per heavy atom. The van der Waals surface area contributed by atoms with Gasteiger partial charge in [-0.1, -0.05) is 33.1 Å². The van der Waals surface area contributed by atoms with Crippen molar-refractivity contribution in [1.29, 1.82) is 0 Å². The second-order valence-corrected chi connectivity index (χ2v) is 6.70. The smallest absolute Gasteiger partial charge is 0.0415 e. The molecule has 1 nitrogen and oxygen atoms in total. The van der Waals surface area contributed by atoms with Crippen LogP contribution in [0.4, 0.5) is 0 Å². The van der Waals surface area contributed by atoms with E-state index in [2.05, 4.69) is 48.1 Å². The molecule has 1 unspecified atom stereocenters. The summed E-state index contributed by atoms with van der Waals surface area (Å²) in [5, 5.41) is 3.67. The van der Waals surface area contributed by atoms with Gasteiger partial charge in [0.15, 0.2) is 0 Å². The van der Waals surface area contributed by atoms with Gasteiger partial charge in [-0.3, -0.25) is 0 Å². The minimum absolute atomic E-state index is 0.552. The van der Waals surface area contributed by atoms with Crippen LogP contribution in [-0.2, 0) is 0 Å². The molecule has 0 spiro atoms. The van der Waals surface area contributed by atoms with E-state index in [1.54, 1.807) is 0 Å². The summed E-state index contributed by atoms with van der Waals surface area (Å²) < 4.78 is 1.26. The van der Waals surface area contributed by atoms with Crippen LogP contribution < -0.4 is 5.32 Å². The molecule has 0 bridgehead atoms. The first-order chi connectivity index (χ1) is 8.19. The average Bonchev–Trinajstić information content (AvgIpc) is 2.64. The van der Waals surface area contributed by atoms with Gasteiger partial charge in [-0.05, 0) is 48.3 Å². The highest BCUT2D eigenvalue weighted by Crippen LogP contribution is 2.32. The lowest BCUT2D eigenvalue weighted by molar-refractivity contribution is 0.480. The monoisotopic (exact) mass is 317 g/mol. The first-order valence-corrected chi connectivity index (χ1v) is 8.29. The van der Waals surface area contributed by atoms with Crippen molar-refractivity contribution in [2.45, 2.75) is 58.9 Å². The Morgan fingerprint density at radius 2 is 2.06 bits per heavy atom. The van der Waals surface area contributed by atoms with Crippen LogP contribution in [0.3, 0.4) is 0 Å². The molecule has 3 heteroatoms. The molecule has 0 aromatic carbocycles. The van der Waals surface area contributed by atoms with Crippen molar-refractivity contribution >= 4 is 27.3 Å². The van der Waals surface area contributed by atoms with Crippen LogP contribution in [0.25, 0.3) is 0 Å². The Labute approximate surface area is 118 Å². The topological polar surface area (TPSA) is 12.0 Å². The van der Waals surface area contributed by atoms with Gasteiger partial charge in [-0.2, -0.15) is 0 Å². The summed E-state index contributed by atoms with van der Waals surface area (Å²) in [6.07, 6.45) is 6.44. The summed E-state index contributed by atoms with van der Waals surface area (Å²) in [6, 6.07) is 2.84. The molecule has 1 rings (SSSR count). The van der Waals surface area contributed by atoms with E-state index in [-0.39, 0.29) is 0 Å². The number of rotatable bonds is 8. The van der Waals surface area contributed by atoms with Crippen LogP contribution in [-0.4, -0.2) is 6.54 Å². The molecule has 17 heavy (non-hydrogen) atoms. The lowest BCUT2D eigenvalue weighted by atomic mass is 10.1. The number of thiophene rings is 1. The normalized spacial score (nSPS) is 12.9. The van der Waals surface area contributed by atoms with Crippen molar-refractivity contribution < 1.29 is 0 Å². The standard InChI is InChI=1S/C14H24BrNS/c1-4-6-7-8-13(16-9-5-2)14-10-12(15)11(3)17-14/h10,13,16H,4-9H2,1-3H3. The first kappa shape index (κ1) is 15.2. The Morgan fingerprint density at radius 1 is 1.29 bits per heavy atom. The number of halogens is 1. The fourth-order valence-corrected chi connectivity index (χ4v) is 3.59. The highest BCUT2D eigenvalue weighted by atomic mass is 79.9. The molecular formula is C14H24BrNS. The third-order valence-electron chi connectivity index (χ3n) is 2.96. The van der Waals surface area contributed by atoms with E-state index < -0.39 is 0 Å². The highest BCUT2D eigenvalue weighted by molar-refractivity contribution is 9.10. The Bertz CT molecular complexity index is 303. The SMILES string of the molecule is CCCCCC(NCCC)c1cc(Br)c(C)s1. The van der Waals surface area contributed by atoms with Gasteiger partial charge in [0.05, 0.1) is 0 Å². The maximum atomic E-state index is 3.67. The molecule has 0 aliphatic carbocycles. The number of unbranched alkanes of at least 4 members (excludes halogenated alkanes) is 2. The minimum Gasteiger partial charge on any atom is -0.309 e. The maximum absolute atomic E-state index is 3.67. The molecule has 0 aliphatic heterocycles. The van der Waals surface area contributed by atoms with Gasteiger partial charge >= 0.3 is 0 Å². The Balaban J connectivity index is 2.60. The quantitative estimate of drug-likeness (QED) is 0.629. The van der Waals surface area contributed by atoms with Crippen molar-refractivity contribution in [2.24, 2.45) is 0 Å². The second kappa shape index (κ2) is 8.28. The number of hydrogen-bond acceptors (Lipinski definition) is 2. The molecule has 0 radical (unpaired) electrons. The zero-order valence-electron chi connectivity index (χ0n) is 11.2. The molecule has 0 saturated carbocycles. The Kier molecular flexibility index (Phi) is 7.40. The van der Waals surface area contributed by atoms with E-state index in [0.717, 1.165) is 6.54 Å². The molecule has 1 N–H and O–H groups in total. The number of hydrogen-bond donors (Lipinski definition) is 1. The average molecular weight is 318 g/mol. The zero-order valence-corrected chi connectivity index (χ0v) is 13.6. The van der Waals surface area contributed by atoms with Gasteiger partial charge in [0.25, 0.3) is 0 Å². The molecule has 0 fully saturated rings. The summed E-state index contributed by atoms with van der Waals surface area (Å²) >= 11 is 5.54. The van der Waals surface area contributed by atoms with Crippen LogP contribution in [0.15, 0.2) is 10.5 Å². The minimum atomic E-state index is 0.552. The lowest BCUT2D eigenvalue weighted by Crippen LogP contribution is -2.21. The van der Waals surface area contributed by atoms with Crippen LogP contribution in [0.1, 0.15) is 61.7 Å². The lowest BCUT2D eigenvalue weighted by Gasteiger charge is -2.16. The van der Waals surface area contributed by atoms with Gasteiger partial charge < -0.3 is 5.32 Å². The van der Waals surface area contributed by atoms with E-state index in [1.807, 2.05) is 11.3 Å². The van der Waals surface area contributed by atoms with Gasteiger partial charge in [0.2, 0.25) is 0 Å². The van der Waals surface area contributed by atoms with Crippen molar-refractivity contribution in [3.05, 3.63) is 20.3 Å². The van der Waals surface area contributed by atoms with Crippen LogP contribution in [0.2, 0.25) is 0 Å². The molecule has 1 heterocycles. The molecule has 1 aromatic rings. The third-order valence-corrected chi connectivity index (χ3v) is 5.21. The largest absolute Gasteiger partial charge is 0.309 e. The summed E-state index contributed by atoms with van der Waals surface area (Å²) in [5.74, 6) is 0. The van der Waals surface area contributed by atoms with Crippen LogP contribution in [0, 0.1) is 6.92 Å². The molecule has 0 aliphatic rings. The van der Waals surface area contributed by atoms with Crippen molar-refractivity contribution in [3.8, 4) is 0 Å². The predicted molar refractivity (Wildman–Crippen MR) is 81.9 cm³/mol. The molecule has 1 atom stereocenters. The Hall–Kier alpha value is 0.140. The van der Waals surface area contributed by atoms with Crippen molar-refractivity contribution in [2.75, 3.05) is 6.54 Å². The summed E-state index contributed by atoms with van der Waals surface area (Å²) in [6.45, 7) is 7.79. The number of aryl methyl sites for hydroxylation is 1. The molecule has 0 amide bonds. The summed E-state index contributed by atoms with van der Waals surface area (Å²) in [4.78, 5) is 2.87. The van der Waals surface area contributed by atoms with Crippen LogP contribution in [0.5, 0.6) is 0 Å².